The molecule has 4 atom stereocenters. The van der Waals surface area contributed by atoms with E-state index in [2.05, 4.69) is 29.1 Å². The van der Waals surface area contributed by atoms with Gasteiger partial charge in [-0.2, -0.15) is 0 Å². The van der Waals surface area contributed by atoms with E-state index in [0.29, 0.717) is 6.42 Å². The molecular weight excluding hydrogens is 339 g/mol. The Morgan fingerprint density at radius 3 is 2.89 bits per heavy atom. The number of hydrogen-bond acceptors (Lipinski definition) is 2. The minimum atomic E-state index is -0.640. The fraction of sp³-hybridized carbons (Fsp3) is 0.435. The molecule has 5 rings (SSSR count). The highest BCUT2D eigenvalue weighted by atomic mass is 19.1. The lowest BCUT2D eigenvalue weighted by atomic mass is 9.38. The van der Waals surface area contributed by atoms with Crippen LogP contribution in [0, 0.1) is 23.1 Å². The maximum atomic E-state index is 13.3. The maximum Gasteiger partial charge on any atom is 0.123 e. The van der Waals surface area contributed by atoms with Gasteiger partial charge in [0.15, 0.2) is 0 Å². The van der Waals surface area contributed by atoms with Gasteiger partial charge < -0.3 is 9.67 Å². The van der Waals surface area contributed by atoms with E-state index in [9.17, 15) is 9.50 Å². The highest BCUT2D eigenvalue weighted by Crippen LogP contribution is 2.69. The van der Waals surface area contributed by atoms with Crippen LogP contribution in [0.4, 0.5) is 4.39 Å². The Hall–Kier alpha value is -2.20. The van der Waals surface area contributed by atoms with E-state index in [1.807, 2.05) is 12.4 Å². The molecule has 1 aromatic heterocycles. The normalized spacial score (nSPS) is 34.0. The zero-order valence-corrected chi connectivity index (χ0v) is 15.7. The molecule has 2 aliphatic carbocycles. The fourth-order valence-electron chi connectivity index (χ4n) is 6.19. The molecule has 1 aliphatic heterocycles. The zero-order valence-electron chi connectivity index (χ0n) is 15.7. The zero-order chi connectivity index (χ0) is 18.8. The largest absolute Gasteiger partial charge is 0.389 e. The van der Waals surface area contributed by atoms with Crippen molar-refractivity contribution in [2.45, 2.75) is 44.8 Å². The van der Waals surface area contributed by atoms with Crippen LogP contribution >= 0.6 is 0 Å². The molecule has 0 amide bonds. The van der Waals surface area contributed by atoms with E-state index in [-0.39, 0.29) is 23.1 Å². The lowest BCUT2D eigenvalue weighted by Gasteiger charge is -2.69. The van der Waals surface area contributed by atoms with Gasteiger partial charge in [-0.3, -0.25) is 0 Å². The van der Waals surface area contributed by atoms with Gasteiger partial charge in [0.05, 0.1) is 23.3 Å². The number of halogens is 1. The molecule has 0 radical (unpaired) electrons. The van der Waals surface area contributed by atoms with Crippen molar-refractivity contribution in [2.24, 2.45) is 17.3 Å². The van der Waals surface area contributed by atoms with Gasteiger partial charge in [0, 0.05) is 17.5 Å². The van der Waals surface area contributed by atoms with Crippen LogP contribution in [0.15, 0.2) is 48.8 Å². The summed E-state index contributed by atoms with van der Waals surface area (Å²) in [6.07, 6.45) is 9.99. The maximum absolute atomic E-state index is 13.3. The molecule has 2 saturated carbocycles. The highest BCUT2D eigenvalue weighted by molar-refractivity contribution is 5.73. The number of nitrogens with zero attached hydrogens (tertiary/aromatic N) is 2. The van der Waals surface area contributed by atoms with E-state index in [0.717, 1.165) is 42.8 Å². The van der Waals surface area contributed by atoms with Crippen molar-refractivity contribution in [2.75, 3.05) is 0 Å². The summed E-state index contributed by atoms with van der Waals surface area (Å²) in [5.74, 6) is 0.247. The Bertz CT molecular complexity index is 944. The SMILES string of the molecule is C=CC[C@]1(O)C(C)[C@]23Cn4cnc(-c5ccc(F)cc5)c4C=C2CCC[C@@H]31. The van der Waals surface area contributed by atoms with Crippen LogP contribution in [0.25, 0.3) is 17.3 Å². The van der Waals surface area contributed by atoms with Crippen LogP contribution in [0.3, 0.4) is 0 Å². The van der Waals surface area contributed by atoms with E-state index < -0.39 is 5.60 Å². The second-order valence-corrected chi connectivity index (χ2v) is 8.47. The molecule has 1 aromatic carbocycles. The molecule has 2 aromatic rings. The van der Waals surface area contributed by atoms with Crippen LogP contribution in [0.5, 0.6) is 0 Å². The van der Waals surface area contributed by atoms with E-state index >= 15 is 0 Å². The van der Waals surface area contributed by atoms with Crippen molar-refractivity contribution in [3.05, 3.63) is 60.3 Å². The van der Waals surface area contributed by atoms with Crippen molar-refractivity contribution < 1.29 is 9.50 Å². The predicted molar refractivity (Wildman–Crippen MR) is 104 cm³/mol. The Balaban J connectivity index is 1.58. The Morgan fingerprint density at radius 1 is 1.37 bits per heavy atom. The van der Waals surface area contributed by atoms with Gasteiger partial charge in [0.2, 0.25) is 0 Å². The number of benzene rings is 1. The van der Waals surface area contributed by atoms with Crippen LogP contribution in [0.2, 0.25) is 0 Å². The third-order valence-corrected chi connectivity index (χ3v) is 7.49. The molecule has 0 bridgehead atoms. The van der Waals surface area contributed by atoms with E-state index in [4.69, 9.17) is 0 Å². The first-order valence-electron chi connectivity index (χ1n) is 9.86. The van der Waals surface area contributed by atoms with Crippen molar-refractivity contribution in [1.82, 2.24) is 9.55 Å². The quantitative estimate of drug-likeness (QED) is 0.792. The predicted octanol–water partition coefficient (Wildman–Crippen LogP) is 4.83. The number of aromatic nitrogens is 2. The first-order valence-corrected chi connectivity index (χ1v) is 9.86. The average Bonchev–Trinajstić information content (AvgIpc) is 3.08. The molecule has 3 nitrogen and oxygen atoms in total. The molecule has 1 unspecified atom stereocenters. The van der Waals surface area contributed by atoms with Crippen LogP contribution in [-0.4, -0.2) is 20.3 Å². The third-order valence-electron chi connectivity index (χ3n) is 7.49. The van der Waals surface area contributed by atoms with Gasteiger partial charge in [-0.15, -0.1) is 6.58 Å². The van der Waals surface area contributed by atoms with Gasteiger partial charge in [-0.05, 0) is 67.9 Å². The summed E-state index contributed by atoms with van der Waals surface area (Å²) in [7, 11) is 0. The van der Waals surface area contributed by atoms with Crippen LogP contribution in [-0.2, 0) is 6.54 Å². The van der Waals surface area contributed by atoms with Gasteiger partial charge in [-0.1, -0.05) is 18.6 Å². The molecular formula is C23H25FN2O. The third kappa shape index (κ3) is 2.08. The summed E-state index contributed by atoms with van der Waals surface area (Å²) in [6, 6.07) is 6.55. The molecule has 2 fully saturated rings. The summed E-state index contributed by atoms with van der Waals surface area (Å²) in [4.78, 5) is 4.65. The summed E-state index contributed by atoms with van der Waals surface area (Å²) >= 11 is 0. The number of aliphatic hydroxyl groups is 1. The molecule has 3 aliphatic rings. The second kappa shape index (κ2) is 5.65. The molecule has 140 valence electrons. The number of hydrogen-bond donors (Lipinski definition) is 1. The van der Waals surface area contributed by atoms with Gasteiger partial charge in [-0.25, -0.2) is 9.37 Å². The van der Waals surface area contributed by atoms with Crippen LogP contribution < -0.4 is 0 Å². The Labute approximate surface area is 159 Å². The molecule has 1 N–H and O–H groups in total. The number of rotatable bonds is 3. The molecule has 4 heteroatoms. The standard InChI is InChI=1S/C23H25FN2O/c1-3-11-23(27)15(2)22-13-26-14-25-21(16-7-9-18(24)10-8-16)19(26)12-17(22)5-4-6-20(22)23/h3,7-10,12,14-15,20,27H,1,4-6,11,13H2,2H3/t15?,20-,22+,23-/m0/s1. The molecule has 2 heterocycles. The Morgan fingerprint density at radius 2 is 2.15 bits per heavy atom. The summed E-state index contributed by atoms with van der Waals surface area (Å²) in [6.45, 7) is 6.93. The van der Waals surface area contributed by atoms with Crippen molar-refractivity contribution >= 4 is 6.08 Å². The number of fused-ring (bicyclic) bond motifs is 1. The van der Waals surface area contributed by atoms with E-state index in [1.165, 1.54) is 17.7 Å². The smallest absolute Gasteiger partial charge is 0.123 e. The molecule has 1 spiro atoms. The second-order valence-electron chi connectivity index (χ2n) is 8.47. The summed E-state index contributed by atoms with van der Waals surface area (Å²) in [5, 5.41) is 11.3. The number of allylic oxidation sites excluding steroid dienone is 1. The van der Waals surface area contributed by atoms with Gasteiger partial charge in [0.25, 0.3) is 0 Å². The average molecular weight is 364 g/mol. The first-order chi connectivity index (χ1) is 13.0. The minimum Gasteiger partial charge on any atom is -0.389 e. The van der Waals surface area contributed by atoms with Crippen molar-refractivity contribution in [1.29, 1.82) is 0 Å². The molecule has 27 heavy (non-hydrogen) atoms. The highest BCUT2D eigenvalue weighted by Gasteiger charge is 2.69. The lowest BCUT2D eigenvalue weighted by Crippen LogP contribution is -2.71. The van der Waals surface area contributed by atoms with Crippen molar-refractivity contribution in [3.8, 4) is 11.3 Å². The van der Waals surface area contributed by atoms with Crippen molar-refractivity contribution in [3.63, 3.8) is 0 Å². The Kier molecular flexibility index (Phi) is 3.54. The molecule has 0 saturated heterocycles. The topological polar surface area (TPSA) is 38.0 Å². The van der Waals surface area contributed by atoms with Crippen LogP contribution in [0.1, 0.15) is 38.3 Å². The monoisotopic (exact) mass is 364 g/mol. The summed E-state index contributed by atoms with van der Waals surface area (Å²) in [5.41, 5.74) is 3.80. The van der Waals surface area contributed by atoms with E-state index in [1.54, 1.807) is 12.1 Å². The minimum absolute atomic E-state index is 0.0315. The number of imidazole rings is 1. The lowest BCUT2D eigenvalue weighted by molar-refractivity contribution is -0.246. The van der Waals surface area contributed by atoms with Gasteiger partial charge in [0.1, 0.15) is 5.82 Å². The first kappa shape index (κ1) is 16.9. The summed E-state index contributed by atoms with van der Waals surface area (Å²) < 4.78 is 15.5. The van der Waals surface area contributed by atoms with Gasteiger partial charge >= 0.3 is 0 Å². The fourth-order valence-corrected chi connectivity index (χ4v) is 6.19.